The molecule has 0 amide bonds. The molecular formula is C19H17N3O3S2. The molecule has 0 radical (unpaired) electrons. The third-order valence-electron chi connectivity index (χ3n) is 4.23. The Morgan fingerprint density at radius 3 is 2.63 bits per heavy atom. The van der Waals surface area contributed by atoms with Crippen molar-refractivity contribution in [2.45, 2.75) is 10.8 Å². The van der Waals surface area contributed by atoms with Gasteiger partial charge in [0.05, 0.1) is 22.8 Å². The van der Waals surface area contributed by atoms with E-state index in [1.54, 1.807) is 65.0 Å². The first kappa shape index (κ1) is 17.7. The fraction of sp³-hybridized carbons (Fsp3) is 0.105. The van der Waals surface area contributed by atoms with Crippen LogP contribution in [0, 0.1) is 0 Å². The van der Waals surface area contributed by atoms with Crippen molar-refractivity contribution in [1.82, 2.24) is 14.5 Å². The topological polar surface area (TPSA) is 77.1 Å². The SMILES string of the molecule is O=S(=O)(NCC(c1ccsc1)c1ccco1)c1ccc(-n2cccn2)cc1. The second kappa shape index (κ2) is 7.51. The Kier molecular flexibility index (Phi) is 4.93. The largest absolute Gasteiger partial charge is 0.469 e. The lowest BCUT2D eigenvalue weighted by Gasteiger charge is -2.15. The summed E-state index contributed by atoms with van der Waals surface area (Å²) < 4.78 is 35.3. The van der Waals surface area contributed by atoms with E-state index in [4.69, 9.17) is 4.42 Å². The predicted molar refractivity (Wildman–Crippen MR) is 104 cm³/mol. The zero-order valence-electron chi connectivity index (χ0n) is 14.2. The van der Waals surface area contributed by atoms with E-state index in [2.05, 4.69) is 9.82 Å². The van der Waals surface area contributed by atoms with Gasteiger partial charge in [0.1, 0.15) is 5.76 Å². The van der Waals surface area contributed by atoms with Gasteiger partial charge in [0.15, 0.2) is 0 Å². The molecule has 1 N–H and O–H groups in total. The monoisotopic (exact) mass is 399 g/mol. The quantitative estimate of drug-likeness (QED) is 0.515. The first-order valence-electron chi connectivity index (χ1n) is 8.29. The van der Waals surface area contributed by atoms with Crippen LogP contribution in [0.4, 0.5) is 0 Å². The molecule has 8 heteroatoms. The third-order valence-corrected chi connectivity index (χ3v) is 6.37. The number of hydrogen-bond donors (Lipinski definition) is 1. The van der Waals surface area contributed by atoms with Gasteiger partial charge in [-0.25, -0.2) is 17.8 Å². The van der Waals surface area contributed by atoms with Crippen LogP contribution in [0.25, 0.3) is 5.69 Å². The second-order valence-corrected chi connectivity index (χ2v) is 8.47. The fourth-order valence-corrected chi connectivity index (χ4v) is 4.58. The van der Waals surface area contributed by atoms with Gasteiger partial charge in [0.25, 0.3) is 0 Å². The van der Waals surface area contributed by atoms with Crippen LogP contribution in [0.15, 0.2) is 87.3 Å². The van der Waals surface area contributed by atoms with Gasteiger partial charge in [-0.1, -0.05) is 0 Å². The number of thiophene rings is 1. The molecule has 0 spiro atoms. The van der Waals surface area contributed by atoms with Gasteiger partial charge in [-0.15, -0.1) is 0 Å². The first-order chi connectivity index (χ1) is 13.1. The van der Waals surface area contributed by atoms with Crippen molar-refractivity contribution < 1.29 is 12.8 Å². The zero-order chi connectivity index (χ0) is 18.7. The summed E-state index contributed by atoms with van der Waals surface area (Å²) in [6.07, 6.45) is 5.07. The van der Waals surface area contributed by atoms with Crippen molar-refractivity contribution >= 4 is 21.4 Å². The number of hydrogen-bond acceptors (Lipinski definition) is 5. The molecule has 27 heavy (non-hydrogen) atoms. The molecule has 4 aromatic rings. The van der Waals surface area contributed by atoms with Gasteiger partial charge in [-0.3, -0.25) is 0 Å². The third kappa shape index (κ3) is 3.87. The standard InChI is InChI=1S/C19H17N3O3S2/c23-27(24,17-6-4-16(5-7-17)22-10-2-9-20-22)21-13-18(15-8-12-26-14-15)19-3-1-11-25-19/h1-12,14,18,21H,13H2. The van der Waals surface area contributed by atoms with Gasteiger partial charge >= 0.3 is 0 Å². The first-order valence-corrected chi connectivity index (χ1v) is 10.7. The van der Waals surface area contributed by atoms with Crippen LogP contribution < -0.4 is 4.72 Å². The van der Waals surface area contributed by atoms with Crippen LogP contribution >= 0.6 is 11.3 Å². The zero-order valence-corrected chi connectivity index (χ0v) is 15.9. The Morgan fingerprint density at radius 1 is 1.15 bits per heavy atom. The molecule has 1 aromatic carbocycles. The molecule has 1 atom stereocenters. The van der Waals surface area contributed by atoms with E-state index in [0.29, 0.717) is 0 Å². The highest BCUT2D eigenvalue weighted by atomic mass is 32.2. The number of nitrogens with zero attached hydrogens (tertiary/aromatic N) is 2. The molecule has 4 rings (SSSR count). The molecule has 3 aromatic heterocycles. The van der Waals surface area contributed by atoms with Crippen molar-refractivity contribution in [3.05, 3.63) is 89.3 Å². The summed E-state index contributed by atoms with van der Waals surface area (Å²) in [5.74, 6) is 0.550. The smallest absolute Gasteiger partial charge is 0.240 e. The minimum Gasteiger partial charge on any atom is -0.469 e. The summed E-state index contributed by atoms with van der Waals surface area (Å²) in [5, 5.41) is 8.10. The molecular weight excluding hydrogens is 382 g/mol. The lowest BCUT2D eigenvalue weighted by atomic mass is 10.00. The van der Waals surface area contributed by atoms with Crippen LogP contribution in [-0.2, 0) is 10.0 Å². The van der Waals surface area contributed by atoms with Crippen molar-refractivity contribution in [1.29, 1.82) is 0 Å². The van der Waals surface area contributed by atoms with Crippen molar-refractivity contribution in [3.63, 3.8) is 0 Å². The second-order valence-electron chi connectivity index (χ2n) is 5.92. The van der Waals surface area contributed by atoms with Crippen molar-refractivity contribution in [2.75, 3.05) is 6.54 Å². The highest BCUT2D eigenvalue weighted by Gasteiger charge is 2.22. The number of sulfonamides is 1. The summed E-state index contributed by atoms with van der Waals surface area (Å²) in [4.78, 5) is 0.210. The minimum absolute atomic E-state index is 0.177. The van der Waals surface area contributed by atoms with Crippen LogP contribution in [0.1, 0.15) is 17.2 Å². The normalized spacial score (nSPS) is 12.9. The van der Waals surface area contributed by atoms with E-state index in [1.165, 1.54) is 0 Å². The maximum absolute atomic E-state index is 12.7. The number of nitrogens with one attached hydrogen (secondary N) is 1. The molecule has 0 fully saturated rings. The van der Waals surface area contributed by atoms with E-state index in [9.17, 15) is 8.42 Å². The lowest BCUT2D eigenvalue weighted by molar-refractivity contribution is 0.481. The van der Waals surface area contributed by atoms with Gasteiger partial charge < -0.3 is 4.42 Å². The number of furan rings is 1. The van der Waals surface area contributed by atoms with Crippen LogP contribution in [0.5, 0.6) is 0 Å². The van der Waals surface area contributed by atoms with E-state index in [0.717, 1.165) is 17.0 Å². The molecule has 0 aliphatic rings. The average Bonchev–Trinajstić information content (AvgIpc) is 3.44. The fourth-order valence-electron chi connectivity index (χ4n) is 2.82. The van der Waals surface area contributed by atoms with Crippen LogP contribution in [-0.4, -0.2) is 24.7 Å². The average molecular weight is 399 g/mol. The molecule has 0 aliphatic heterocycles. The molecule has 0 saturated carbocycles. The van der Waals surface area contributed by atoms with E-state index in [-0.39, 0.29) is 17.4 Å². The van der Waals surface area contributed by atoms with Crippen LogP contribution in [0.2, 0.25) is 0 Å². The summed E-state index contributed by atoms with van der Waals surface area (Å²) in [7, 11) is -3.64. The van der Waals surface area contributed by atoms with Gasteiger partial charge in [-0.2, -0.15) is 16.4 Å². The summed E-state index contributed by atoms with van der Waals surface area (Å²) in [5.41, 5.74) is 1.82. The van der Waals surface area contributed by atoms with Crippen molar-refractivity contribution in [2.24, 2.45) is 0 Å². The van der Waals surface area contributed by atoms with Gasteiger partial charge in [0, 0.05) is 18.9 Å². The Balaban J connectivity index is 1.52. The van der Waals surface area contributed by atoms with E-state index < -0.39 is 10.0 Å². The molecule has 6 nitrogen and oxygen atoms in total. The summed E-state index contributed by atoms with van der Waals surface area (Å²) in [6.45, 7) is 0.216. The maximum Gasteiger partial charge on any atom is 0.240 e. The molecule has 0 saturated heterocycles. The van der Waals surface area contributed by atoms with E-state index >= 15 is 0 Å². The number of rotatable bonds is 7. The molecule has 138 valence electrons. The molecule has 0 aliphatic carbocycles. The summed E-state index contributed by atoms with van der Waals surface area (Å²) in [6, 6.07) is 14.1. The molecule has 0 bridgehead atoms. The number of benzene rings is 1. The Bertz CT molecular complexity index is 1040. The minimum atomic E-state index is -3.64. The number of aromatic nitrogens is 2. The maximum atomic E-state index is 12.7. The van der Waals surface area contributed by atoms with E-state index in [1.807, 2.05) is 29.0 Å². The Hall–Kier alpha value is -2.68. The molecule has 3 heterocycles. The van der Waals surface area contributed by atoms with Crippen LogP contribution in [0.3, 0.4) is 0 Å². The Morgan fingerprint density at radius 2 is 2.00 bits per heavy atom. The molecule has 1 unspecified atom stereocenters. The summed E-state index contributed by atoms with van der Waals surface area (Å²) >= 11 is 1.57. The highest BCUT2D eigenvalue weighted by molar-refractivity contribution is 7.89. The predicted octanol–water partition coefficient (Wildman–Crippen LogP) is 3.64. The Labute approximate surface area is 161 Å². The lowest BCUT2D eigenvalue weighted by Crippen LogP contribution is -2.28. The van der Waals surface area contributed by atoms with Gasteiger partial charge in [-0.05, 0) is 64.9 Å². The van der Waals surface area contributed by atoms with Crippen molar-refractivity contribution in [3.8, 4) is 5.69 Å². The highest BCUT2D eigenvalue weighted by Crippen LogP contribution is 2.27. The van der Waals surface area contributed by atoms with Gasteiger partial charge in [0.2, 0.25) is 10.0 Å².